The fraction of sp³-hybridized carbons (Fsp3) is 0.125. The number of anilines is 3. The molecule has 1 heterocycles. The fourth-order valence-electron chi connectivity index (χ4n) is 2.22. The molecule has 22 heavy (non-hydrogen) atoms. The third-order valence-corrected chi connectivity index (χ3v) is 3.46. The van der Waals surface area contributed by atoms with Crippen molar-refractivity contribution in [1.29, 1.82) is 0 Å². The van der Waals surface area contributed by atoms with Crippen LogP contribution in [-0.2, 0) is 7.05 Å². The van der Waals surface area contributed by atoms with Gasteiger partial charge in [0.1, 0.15) is 0 Å². The molecular formula is C16H17ClN4O. The monoisotopic (exact) mass is 316 g/mol. The molecule has 0 bridgehead atoms. The Labute approximate surface area is 134 Å². The van der Waals surface area contributed by atoms with Crippen molar-refractivity contribution < 1.29 is 0 Å². The van der Waals surface area contributed by atoms with Crippen LogP contribution in [0.15, 0.2) is 47.5 Å². The summed E-state index contributed by atoms with van der Waals surface area (Å²) in [7, 11) is 1.69. The maximum atomic E-state index is 12.1. The summed E-state index contributed by atoms with van der Waals surface area (Å²) in [5.74, 6) is 0. The molecule has 3 rings (SSSR count). The van der Waals surface area contributed by atoms with Gasteiger partial charge in [0, 0.05) is 24.1 Å². The molecule has 5 nitrogen and oxygen atoms in total. The molecule has 0 atom stereocenters. The second-order valence-corrected chi connectivity index (χ2v) is 5.09. The van der Waals surface area contributed by atoms with Crippen molar-refractivity contribution in [2.24, 2.45) is 7.05 Å². The van der Waals surface area contributed by atoms with Crippen molar-refractivity contribution >= 4 is 40.4 Å². The van der Waals surface area contributed by atoms with E-state index in [9.17, 15) is 4.79 Å². The first-order valence-corrected chi connectivity index (χ1v) is 6.63. The van der Waals surface area contributed by atoms with Crippen LogP contribution in [0.4, 0.5) is 17.1 Å². The van der Waals surface area contributed by atoms with E-state index in [1.807, 2.05) is 43.3 Å². The standard InChI is InChI=1S/C16H16N4O.ClH/c1-10-3-4-11(17)7-15(10)19-12-5-6-14-13(8-12)16(21)20(2)9-18-14;/h3-9,19H,17H2,1-2H3;1H. The number of aryl methyl sites for hydroxylation is 2. The number of nitrogens with one attached hydrogen (secondary N) is 1. The van der Waals surface area contributed by atoms with E-state index in [4.69, 9.17) is 5.73 Å². The van der Waals surface area contributed by atoms with E-state index in [2.05, 4.69) is 10.3 Å². The van der Waals surface area contributed by atoms with Crippen LogP contribution in [0.3, 0.4) is 0 Å². The first kappa shape index (κ1) is 15.9. The minimum atomic E-state index is -0.0621. The number of rotatable bonds is 2. The summed E-state index contributed by atoms with van der Waals surface area (Å²) in [5.41, 5.74) is 9.98. The zero-order valence-electron chi connectivity index (χ0n) is 12.3. The summed E-state index contributed by atoms with van der Waals surface area (Å²) in [5, 5.41) is 3.89. The summed E-state index contributed by atoms with van der Waals surface area (Å²) in [4.78, 5) is 16.4. The van der Waals surface area contributed by atoms with Crippen LogP contribution < -0.4 is 16.6 Å². The smallest absolute Gasteiger partial charge is 0.260 e. The number of hydrogen-bond donors (Lipinski definition) is 2. The number of halogens is 1. The van der Waals surface area contributed by atoms with Crippen molar-refractivity contribution in [3.05, 3.63) is 58.6 Å². The van der Waals surface area contributed by atoms with Crippen LogP contribution in [0.2, 0.25) is 0 Å². The lowest BCUT2D eigenvalue weighted by atomic mass is 10.1. The summed E-state index contributed by atoms with van der Waals surface area (Å²) in [6.45, 7) is 2.00. The fourth-order valence-corrected chi connectivity index (χ4v) is 2.22. The zero-order valence-corrected chi connectivity index (χ0v) is 13.1. The van der Waals surface area contributed by atoms with Gasteiger partial charge in [-0.1, -0.05) is 6.07 Å². The Morgan fingerprint density at radius 2 is 1.95 bits per heavy atom. The van der Waals surface area contributed by atoms with Crippen LogP contribution in [0.1, 0.15) is 5.56 Å². The number of nitrogens with zero attached hydrogens (tertiary/aromatic N) is 2. The lowest BCUT2D eigenvalue weighted by Gasteiger charge is -2.11. The van der Waals surface area contributed by atoms with Crippen molar-refractivity contribution in [1.82, 2.24) is 9.55 Å². The van der Waals surface area contributed by atoms with Gasteiger partial charge in [-0.15, -0.1) is 12.4 Å². The average Bonchev–Trinajstić information content (AvgIpc) is 2.47. The summed E-state index contributed by atoms with van der Waals surface area (Å²) in [6, 6.07) is 11.2. The third kappa shape index (κ3) is 2.89. The maximum Gasteiger partial charge on any atom is 0.260 e. The Balaban J connectivity index is 0.00000176. The summed E-state index contributed by atoms with van der Waals surface area (Å²) in [6.07, 6.45) is 1.53. The zero-order chi connectivity index (χ0) is 15.0. The minimum Gasteiger partial charge on any atom is -0.399 e. The Bertz CT molecular complexity index is 889. The Morgan fingerprint density at radius 1 is 1.18 bits per heavy atom. The number of benzene rings is 2. The number of aromatic nitrogens is 2. The number of hydrogen-bond acceptors (Lipinski definition) is 4. The van der Waals surface area contributed by atoms with Gasteiger partial charge < -0.3 is 15.6 Å². The van der Waals surface area contributed by atoms with Gasteiger partial charge in [-0.3, -0.25) is 4.79 Å². The lowest BCUT2D eigenvalue weighted by molar-refractivity contribution is 0.843. The normalized spacial score (nSPS) is 10.3. The number of fused-ring (bicyclic) bond motifs is 1. The first-order chi connectivity index (χ1) is 10.0. The summed E-state index contributed by atoms with van der Waals surface area (Å²) < 4.78 is 1.47. The molecule has 0 aliphatic heterocycles. The lowest BCUT2D eigenvalue weighted by Crippen LogP contribution is -2.16. The quantitative estimate of drug-likeness (QED) is 0.713. The molecule has 0 saturated heterocycles. The van der Waals surface area contributed by atoms with E-state index >= 15 is 0 Å². The molecule has 2 aromatic carbocycles. The Kier molecular flexibility index (Phi) is 4.37. The van der Waals surface area contributed by atoms with E-state index in [1.165, 1.54) is 10.9 Å². The highest BCUT2D eigenvalue weighted by molar-refractivity contribution is 5.85. The second-order valence-electron chi connectivity index (χ2n) is 5.09. The van der Waals surface area contributed by atoms with Gasteiger partial charge in [-0.2, -0.15) is 0 Å². The number of nitrogen functional groups attached to an aromatic ring is 1. The maximum absolute atomic E-state index is 12.1. The van der Waals surface area contributed by atoms with Crippen molar-refractivity contribution in [2.45, 2.75) is 6.92 Å². The molecule has 0 aliphatic carbocycles. The SMILES string of the molecule is Cc1ccc(N)cc1Nc1ccc2ncn(C)c(=O)c2c1.Cl. The van der Waals surface area contributed by atoms with Crippen LogP contribution in [-0.4, -0.2) is 9.55 Å². The van der Waals surface area contributed by atoms with Gasteiger partial charge in [-0.05, 0) is 42.8 Å². The number of nitrogens with two attached hydrogens (primary N) is 1. The molecular weight excluding hydrogens is 300 g/mol. The predicted molar refractivity (Wildman–Crippen MR) is 93.1 cm³/mol. The Hall–Kier alpha value is -2.53. The summed E-state index contributed by atoms with van der Waals surface area (Å²) >= 11 is 0. The van der Waals surface area contributed by atoms with E-state index < -0.39 is 0 Å². The predicted octanol–water partition coefficient (Wildman–Crippen LogP) is 2.99. The Morgan fingerprint density at radius 3 is 2.73 bits per heavy atom. The molecule has 3 aromatic rings. The van der Waals surface area contributed by atoms with Crippen LogP contribution in [0.25, 0.3) is 10.9 Å². The van der Waals surface area contributed by atoms with Gasteiger partial charge in [0.05, 0.1) is 17.2 Å². The topological polar surface area (TPSA) is 72.9 Å². The van der Waals surface area contributed by atoms with Crippen molar-refractivity contribution in [2.75, 3.05) is 11.1 Å². The van der Waals surface area contributed by atoms with E-state index in [0.717, 1.165) is 16.9 Å². The van der Waals surface area contributed by atoms with E-state index in [0.29, 0.717) is 16.6 Å². The van der Waals surface area contributed by atoms with Gasteiger partial charge >= 0.3 is 0 Å². The molecule has 0 aliphatic rings. The van der Waals surface area contributed by atoms with Gasteiger partial charge in [0.2, 0.25) is 0 Å². The third-order valence-electron chi connectivity index (χ3n) is 3.46. The highest BCUT2D eigenvalue weighted by atomic mass is 35.5. The van der Waals surface area contributed by atoms with E-state index in [-0.39, 0.29) is 18.0 Å². The highest BCUT2D eigenvalue weighted by Crippen LogP contribution is 2.24. The molecule has 0 saturated carbocycles. The molecule has 3 N–H and O–H groups in total. The average molecular weight is 317 g/mol. The van der Waals surface area contributed by atoms with Crippen LogP contribution in [0.5, 0.6) is 0 Å². The molecule has 1 aromatic heterocycles. The molecule has 0 amide bonds. The van der Waals surface area contributed by atoms with E-state index in [1.54, 1.807) is 7.05 Å². The largest absolute Gasteiger partial charge is 0.399 e. The molecule has 0 spiro atoms. The molecule has 0 unspecified atom stereocenters. The second kappa shape index (κ2) is 6.07. The van der Waals surface area contributed by atoms with Gasteiger partial charge in [-0.25, -0.2) is 4.98 Å². The highest BCUT2D eigenvalue weighted by Gasteiger charge is 2.05. The van der Waals surface area contributed by atoms with Crippen molar-refractivity contribution in [3.63, 3.8) is 0 Å². The van der Waals surface area contributed by atoms with Crippen LogP contribution >= 0.6 is 12.4 Å². The molecule has 114 valence electrons. The van der Waals surface area contributed by atoms with Crippen molar-refractivity contribution in [3.8, 4) is 0 Å². The molecule has 0 fully saturated rings. The van der Waals surface area contributed by atoms with Gasteiger partial charge in [0.25, 0.3) is 5.56 Å². The van der Waals surface area contributed by atoms with Gasteiger partial charge in [0.15, 0.2) is 0 Å². The minimum absolute atomic E-state index is 0. The molecule has 6 heteroatoms. The first-order valence-electron chi connectivity index (χ1n) is 6.63. The van der Waals surface area contributed by atoms with Crippen LogP contribution in [0, 0.1) is 6.92 Å². The molecule has 0 radical (unpaired) electrons.